The average Bonchev–Trinajstić information content (AvgIpc) is 2.82. The molecule has 14 heteroatoms. The molecule has 11 nitrogen and oxygen atoms in total. The van der Waals surface area contributed by atoms with Gasteiger partial charge in [-0.1, -0.05) is 0 Å². The number of carbonyl (C=O) groups is 1. The van der Waals surface area contributed by atoms with E-state index >= 15 is 0 Å². The predicted octanol–water partition coefficient (Wildman–Crippen LogP) is 3.41. The Hall–Kier alpha value is -4.62. The summed E-state index contributed by atoms with van der Waals surface area (Å²) in [7, 11) is 4.11. The fourth-order valence-electron chi connectivity index (χ4n) is 3.45. The van der Waals surface area contributed by atoms with Crippen LogP contribution in [0, 0.1) is 6.92 Å². The highest BCUT2D eigenvalue weighted by atomic mass is 19.4. The van der Waals surface area contributed by atoms with Gasteiger partial charge in [-0.3, -0.25) is 15.1 Å². The van der Waals surface area contributed by atoms with Crippen LogP contribution in [0.25, 0.3) is 21.8 Å². The number of carbonyl (C=O) groups excluding carboxylic acids is 1. The summed E-state index contributed by atoms with van der Waals surface area (Å²) in [5, 5.41) is 3.30. The number of aryl methyl sites for hydroxylation is 1. The lowest BCUT2D eigenvalue weighted by Gasteiger charge is -2.13. The summed E-state index contributed by atoms with van der Waals surface area (Å²) in [6, 6.07) is 5.65. The molecule has 0 bridgehead atoms. The first kappa shape index (κ1) is 24.5. The van der Waals surface area contributed by atoms with Gasteiger partial charge in [-0.15, -0.1) is 0 Å². The number of H-pyrrole nitrogens is 1. The fraction of sp³-hybridized carbons (Fsp3) is 0.227. The Morgan fingerprint density at radius 1 is 0.944 bits per heavy atom. The number of hydrogen-bond donors (Lipinski definition) is 2. The number of aromatic nitrogens is 4. The molecule has 2 aromatic carbocycles. The number of benzene rings is 2. The smallest absolute Gasteiger partial charge is 0.491 e. The second kappa shape index (κ2) is 9.20. The molecule has 0 amide bonds. The van der Waals surface area contributed by atoms with Crippen molar-refractivity contribution in [3.05, 3.63) is 40.3 Å². The third-order valence-electron chi connectivity index (χ3n) is 5.05. The van der Waals surface area contributed by atoms with Crippen molar-refractivity contribution in [1.82, 2.24) is 19.9 Å². The van der Waals surface area contributed by atoms with E-state index in [0.717, 1.165) is 13.2 Å². The molecule has 4 rings (SSSR count). The molecule has 2 N–H and O–H groups in total. The van der Waals surface area contributed by atoms with Crippen molar-refractivity contribution in [1.29, 1.82) is 0 Å². The van der Waals surface area contributed by atoms with Crippen LogP contribution in [0.1, 0.15) is 5.69 Å². The number of nitrogens with zero attached hydrogens (tertiary/aromatic N) is 3. The fourth-order valence-corrected chi connectivity index (χ4v) is 3.45. The number of hydrogen-bond acceptors (Lipinski definition) is 10. The van der Waals surface area contributed by atoms with Crippen molar-refractivity contribution < 1.29 is 36.9 Å². The van der Waals surface area contributed by atoms with Gasteiger partial charge in [0.1, 0.15) is 5.39 Å². The van der Waals surface area contributed by atoms with Crippen LogP contribution in [-0.2, 0) is 4.79 Å². The molecule has 2 heterocycles. The highest BCUT2D eigenvalue weighted by Crippen LogP contribution is 2.35. The second-order valence-corrected chi connectivity index (χ2v) is 7.27. The van der Waals surface area contributed by atoms with Crippen molar-refractivity contribution in [2.75, 3.05) is 26.6 Å². The summed E-state index contributed by atoms with van der Waals surface area (Å²) < 4.78 is 57.8. The van der Waals surface area contributed by atoms with Crippen LogP contribution in [-0.4, -0.2) is 53.4 Å². The Balaban J connectivity index is 1.74. The van der Waals surface area contributed by atoms with Crippen LogP contribution >= 0.6 is 0 Å². The minimum Gasteiger partial charge on any atom is -0.493 e. The zero-order chi connectivity index (χ0) is 26.2. The van der Waals surface area contributed by atoms with Crippen molar-refractivity contribution in [2.24, 2.45) is 0 Å². The zero-order valence-electron chi connectivity index (χ0n) is 19.2. The molecular weight excluding hydrogens is 487 g/mol. The number of nitrogens with one attached hydrogen (secondary N) is 2. The SMILES string of the molecule is COc1cc2nc(Nc3nc4ccc(OC(=O)C(F)(F)F)c(OC)c4c(=O)[nH]3)nc(C)c2cc1OC. The molecule has 0 saturated heterocycles. The van der Waals surface area contributed by atoms with Gasteiger partial charge < -0.3 is 18.9 Å². The van der Waals surface area contributed by atoms with Crippen LogP contribution in [0.3, 0.4) is 0 Å². The molecular formula is C22H18F3N5O6. The minimum absolute atomic E-state index is 0.0474. The van der Waals surface area contributed by atoms with E-state index in [9.17, 15) is 22.8 Å². The number of fused-ring (bicyclic) bond motifs is 2. The van der Waals surface area contributed by atoms with E-state index in [-0.39, 0.29) is 28.5 Å². The highest BCUT2D eigenvalue weighted by Gasteiger charge is 2.42. The molecule has 0 radical (unpaired) electrons. The van der Waals surface area contributed by atoms with Crippen LogP contribution < -0.4 is 29.8 Å². The van der Waals surface area contributed by atoms with Gasteiger partial charge in [0.05, 0.1) is 38.1 Å². The Kier molecular flexibility index (Phi) is 6.26. The number of esters is 1. The molecule has 2 aromatic heterocycles. The Labute approximate surface area is 200 Å². The van der Waals surface area contributed by atoms with Crippen molar-refractivity contribution in [3.8, 4) is 23.0 Å². The first-order valence-electron chi connectivity index (χ1n) is 10.1. The van der Waals surface area contributed by atoms with E-state index < -0.39 is 23.5 Å². The quantitative estimate of drug-likeness (QED) is 0.296. The normalized spacial score (nSPS) is 11.4. The van der Waals surface area contributed by atoms with Gasteiger partial charge in [-0.2, -0.15) is 13.2 Å². The summed E-state index contributed by atoms with van der Waals surface area (Å²) >= 11 is 0. The number of alkyl halides is 3. The maximum atomic E-state index is 12.8. The highest BCUT2D eigenvalue weighted by molar-refractivity contribution is 5.90. The number of halogens is 3. The lowest BCUT2D eigenvalue weighted by atomic mass is 10.1. The van der Waals surface area contributed by atoms with E-state index in [1.807, 2.05) is 0 Å². The number of ether oxygens (including phenoxy) is 4. The van der Waals surface area contributed by atoms with Gasteiger partial charge in [0, 0.05) is 11.5 Å². The van der Waals surface area contributed by atoms with Crippen molar-refractivity contribution >= 4 is 39.7 Å². The molecule has 0 saturated carbocycles. The molecule has 36 heavy (non-hydrogen) atoms. The van der Waals surface area contributed by atoms with Gasteiger partial charge >= 0.3 is 12.1 Å². The second-order valence-electron chi connectivity index (χ2n) is 7.27. The van der Waals surface area contributed by atoms with Crippen LogP contribution in [0.4, 0.5) is 25.1 Å². The molecule has 0 fully saturated rings. The first-order chi connectivity index (χ1) is 17.0. The lowest BCUT2D eigenvalue weighted by molar-refractivity contribution is -0.189. The first-order valence-corrected chi connectivity index (χ1v) is 10.1. The molecule has 0 atom stereocenters. The topological polar surface area (TPSA) is 138 Å². The average molecular weight is 505 g/mol. The summed E-state index contributed by atoms with van der Waals surface area (Å²) in [5.41, 5.74) is 0.412. The zero-order valence-corrected chi connectivity index (χ0v) is 19.2. The molecule has 0 aliphatic carbocycles. The molecule has 188 valence electrons. The third kappa shape index (κ3) is 4.52. The summed E-state index contributed by atoms with van der Waals surface area (Å²) in [6.07, 6.45) is -5.23. The van der Waals surface area contributed by atoms with E-state index in [0.29, 0.717) is 28.1 Å². The van der Waals surface area contributed by atoms with Crippen LogP contribution in [0.5, 0.6) is 23.0 Å². The number of aromatic amines is 1. The largest absolute Gasteiger partial charge is 0.493 e. The third-order valence-corrected chi connectivity index (χ3v) is 5.05. The molecule has 0 aliphatic rings. The Morgan fingerprint density at radius 2 is 1.64 bits per heavy atom. The van der Waals surface area contributed by atoms with E-state index in [1.54, 1.807) is 19.1 Å². The number of rotatable bonds is 6. The molecule has 4 aromatic rings. The minimum atomic E-state index is -5.23. The standard InChI is InChI=1S/C22H18F3N5O6/c1-9-10-7-14(33-2)15(34-3)8-12(10)28-20(26-9)30-21-27-11-5-6-13(36-19(32)22(23,24)25)17(35-4)16(11)18(31)29-21/h5-8H,1-4H3,(H2,26,27,28,29,30,31). The lowest BCUT2D eigenvalue weighted by Crippen LogP contribution is -2.28. The van der Waals surface area contributed by atoms with Gasteiger partial charge in [0.15, 0.2) is 23.0 Å². The van der Waals surface area contributed by atoms with Gasteiger partial charge in [-0.25, -0.2) is 19.7 Å². The molecule has 0 aliphatic heterocycles. The predicted molar refractivity (Wildman–Crippen MR) is 121 cm³/mol. The van der Waals surface area contributed by atoms with E-state index in [1.165, 1.54) is 20.3 Å². The summed E-state index contributed by atoms with van der Waals surface area (Å²) in [5.74, 6) is -2.40. The monoisotopic (exact) mass is 505 g/mol. The number of methoxy groups -OCH3 is 3. The molecule has 0 unspecified atom stereocenters. The van der Waals surface area contributed by atoms with E-state index in [4.69, 9.17) is 14.2 Å². The van der Waals surface area contributed by atoms with Crippen molar-refractivity contribution in [2.45, 2.75) is 13.1 Å². The van der Waals surface area contributed by atoms with Crippen LogP contribution in [0.2, 0.25) is 0 Å². The summed E-state index contributed by atoms with van der Waals surface area (Å²) in [4.78, 5) is 39.5. The maximum absolute atomic E-state index is 12.8. The van der Waals surface area contributed by atoms with Crippen molar-refractivity contribution in [3.63, 3.8) is 0 Å². The van der Waals surface area contributed by atoms with Gasteiger partial charge in [0.2, 0.25) is 11.9 Å². The summed E-state index contributed by atoms with van der Waals surface area (Å²) in [6.45, 7) is 1.76. The number of anilines is 2. The Bertz CT molecular complexity index is 1550. The van der Waals surface area contributed by atoms with Gasteiger partial charge in [0.25, 0.3) is 5.56 Å². The molecule has 0 spiro atoms. The van der Waals surface area contributed by atoms with Crippen LogP contribution in [0.15, 0.2) is 29.1 Å². The maximum Gasteiger partial charge on any atom is 0.491 e. The van der Waals surface area contributed by atoms with E-state index in [2.05, 4.69) is 30.0 Å². The van der Waals surface area contributed by atoms with Gasteiger partial charge in [-0.05, 0) is 25.1 Å². The Morgan fingerprint density at radius 3 is 2.28 bits per heavy atom.